The van der Waals surface area contributed by atoms with Crippen LogP contribution in [-0.2, 0) is 17.8 Å². The minimum atomic E-state index is -0.818. The Hall–Kier alpha value is -1.95. The molecular weight excluding hydrogens is 280 g/mol. The van der Waals surface area contributed by atoms with E-state index in [9.17, 15) is 4.79 Å². The molecule has 0 radical (unpaired) electrons. The van der Waals surface area contributed by atoms with E-state index in [0.29, 0.717) is 23.8 Å². The number of hydrogen-bond acceptors (Lipinski definition) is 4. The number of aromatic nitrogens is 4. The summed E-state index contributed by atoms with van der Waals surface area (Å²) in [6.45, 7) is 2.34. The highest BCUT2D eigenvalue weighted by Crippen LogP contribution is 2.14. The van der Waals surface area contributed by atoms with Crippen molar-refractivity contribution < 1.29 is 9.90 Å². The SMILES string of the molecule is CC(CC(=O)O)Cn1nnnc1Cc1cccc(Cl)c1. The van der Waals surface area contributed by atoms with Gasteiger partial charge in [0.05, 0.1) is 0 Å². The van der Waals surface area contributed by atoms with E-state index in [2.05, 4.69) is 15.5 Å². The van der Waals surface area contributed by atoms with Crippen molar-refractivity contribution in [1.29, 1.82) is 0 Å². The van der Waals surface area contributed by atoms with Crippen LogP contribution < -0.4 is 0 Å². The molecule has 0 aliphatic heterocycles. The number of rotatable bonds is 6. The van der Waals surface area contributed by atoms with Crippen LogP contribution in [0, 0.1) is 5.92 Å². The highest BCUT2D eigenvalue weighted by atomic mass is 35.5. The largest absolute Gasteiger partial charge is 0.481 e. The molecule has 0 fully saturated rings. The van der Waals surface area contributed by atoms with E-state index >= 15 is 0 Å². The third-order valence-electron chi connectivity index (χ3n) is 2.87. The van der Waals surface area contributed by atoms with E-state index < -0.39 is 5.97 Å². The molecule has 1 aromatic carbocycles. The molecule has 20 heavy (non-hydrogen) atoms. The summed E-state index contributed by atoms with van der Waals surface area (Å²) in [7, 11) is 0. The summed E-state index contributed by atoms with van der Waals surface area (Å²) in [5, 5.41) is 21.0. The molecule has 7 heteroatoms. The number of halogens is 1. The molecule has 1 unspecified atom stereocenters. The molecule has 6 nitrogen and oxygen atoms in total. The van der Waals surface area contributed by atoms with Crippen LogP contribution >= 0.6 is 11.6 Å². The zero-order valence-corrected chi connectivity index (χ0v) is 11.8. The number of carboxylic acids is 1. The Morgan fingerprint density at radius 1 is 1.50 bits per heavy atom. The van der Waals surface area contributed by atoms with Crippen molar-refractivity contribution in [2.45, 2.75) is 26.3 Å². The molecule has 0 spiro atoms. The minimum Gasteiger partial charge on any atom is -0.481 e. The van der Waals surface area contributed by atoms with Crippen LogP contribution in [0.3, 0.4) is 0 Å². The quantitative estimate of drug-likeness (QED) is 0.881. The van der Waals surface area contributed by atoms with Crippen LogP contribution in [0.5, 0.6) is 0 Å². The van der Waals surface area contributed by atoms with Gasteiger partial charge in [0.25, 0.3) is 0 Å². The Kier molecular flexibility index (Phi) is 4.68. The van der Waals surface area contributed by atoms with Gasteiger partial charge in [-0.15, -0.1) is 5.10 Å². The Morgan fingerprint density at radius 3 is 3.00 bits per heavy atom. The Balaban J connectivity index is 2.07. The van der Waals surface area contributed by atoms with Crippen molar-refractivity contribution in [3.05, 3.63) is 40.7 Å². The normalized spacial score (nSPS) is 12.3. The molecule has 0 aliphatic carbocycles. The lowest BCUT2D eigenvalue weighted by Crippen LogP contribution is -2.15. The highest BCUT2D eigenvalue weighted by molar-refractivity contribution is 6.30. The molecule has 0 aliphatic rings. The molecular formula is C13H15ClN4O2. The van der Waals surface area contributed by atoms with Crippen LogP contribution in [0.2, 0.25) is 5.02 Å². The summed E-state index contributed by atoms with van der Waals surface area (Å²) in [5.74, 6) is -0.152. The maximum Gasteiger partial charge on any atom is 0.303 e. The number of carboxylic acid groups (broad SMARTS) is 1. The smallest absolute Gasteiger partial charge is 0.303 e. The van der Waals surface area contributed by atoms with Crippen molar-refractivity contribution in [2.24, 2.45) is 5.92 Å². The lowest BCUT2D eigenvalue weighted by molar-refractivity contribution is -0.138. The van der Waals surface area contributed by atoms with Crippen LogP contribution in [-0.4, -0.2) is 31.3 Å². The first kappa shape index (κ1) is 14.5. The number of benzene rings is 1. The van der Waals surface area contributed by atoms with Crippen LogP contribution in [0.1, 0.15) is 24.7 Å². The molecule has 106 valence electrons. The number of nitrogens with zero attached hydrogens (tertiary/aromatic N) is 4. The zero-order valence-electron chi connectivity index (χ0n) is 11.0. The number of carbonyl (C=O) groups is 1. The molecule has 0 bridgehead atoms. The van der Waals surface area contributed by atoms with Gasteiger partial charge in [-0.05, 0) is 34.0 Å². The van der Waals surface area contributed by atoms with E-state index in [0.717, 1.165) is 5.56 Å². The van der Waals surface area contributed by atoms with Gasteiger partial charge in [0.1, 0.15) is 0 Å². The fourth-order valence-corrected chi connectivity index (χ4v) is 2.19. The van der Waals surface area contributed by atoms with Crippen molar-refractivity contribution >= 4 is 17.6 Å². The molecule has 2 rings (SSSR count). The summed E-state index contributed by atoms with van der Waals surface area (Å²) in [4.78, 5) is 10.7. The maximum absolute atomic E-state index is 10.7. The molecule has 1 heterocycles. The highest BCUT2D eigenvalue weighted by Gasteiger charge is 2.13. The van der Waals surface area contributed by atoms with Crippen molar-refractivity contribution in [1.82, 2.24) is 20.2 Å². The van der Waals surface area contributed by atoms with Gasteiger partial charge in [0.15, 0.2) is 5.82 Å². The Bertz CT molecular complexity index is 600. The number of tetrazole rings is 1. The van der Waals surface area contributed by atoms with Gasteiger partial charge < -0.3 is 5.11 Å². The number of hydrogen-bond donors (Lipinski definition) is 1. The summed E-state index contributed by atoms with van der Waals surface area (Å²) >= 11 is 5.94. The molecule has 1 atom stereocenters. The maximum atomic E-state index is 10.7. The topological polar surface area (TPSA) is 80.9 Å². The molecule has 1 aromatic heterocycles. The van der Waals surface area contributed by atoms with Crippen molar-refractivity contribution in [3.8, 4) is 0 Å². The van der Waals surface area contributed by atoms with E-state index in [1.54, 1.807) is 4.68 Å². The van der Waals surface area contributed by atoms with Gasteiger partial charge in [-0.3, -0.25) is 4.79 Å². The van der Waals surface area contributed by atoms with Gasteiger partial charge in [0.2, 0.25) is 0 Å². The second kappa shape index (κ2) is 6.47. The standard InChI is InChI=1S/C13H15ClN4O2/c1-9(5-13(19)20)8-18-12(15-16-17-18)7-10-3-2-4-11(14)6-10/h2-4,6,9H,5,7-8H2,1H3,(H,19,20). The summed E-state index contributed by atoms with van der Waals surface area (Å²) < 4.78 is 1.65. The minimum absolute atomic E-state index is 0.0332. The summed E-state index contributed by atoms with van der Waals surface area (Å²) in [5.41, 5.74) is 1.01. The average molecular weight is 295 g/mol. The molecule has 0 amide bonds. The monoisotopic (exact) mass is 294 g/mol. The lowest BCUT2D eigenvalue weighted by atomic mass is 10.1. The first-order valence-corrected chi connectivity index (χ1v) is 6.63. The predicted molar refractivity (Wildman–Crippen MR) is 73.5 cm³/mol. The fraction of sp³-hybridized carbons (Fsp3) is 0.385. The second-order valence-corrected chi connectivity index (χ2v) is 5.22. The molecule has 0 saturated heterocycles. The van der Waals surface area contributed by atoms with Crippen LogP contribution in [0.4, 0.5) is 0 Å². The summed E-state index contributed by atoms with van der Waals surface area (Å²) in [6, 6.07) is 7.49. The second-order valence-electron chi connectivity index (χ2n) is 4.79. The predicted octanol–water partition coefficient (Wildman–Crippen LogP) is 2.03. The van der Waals surface area contributed by atoms with Gasteiger partial charge >= 0.3 is 5.97 Å². The Morgan fingerprint density at radius 2 is 2.30 bits per heavy atom. The Labute approximate surface area is 121 Å². The van der Waals surface area contributed by atoms with E-state index in [1.807, 2.05) is 31.2 Å². The first-order chi connectivity index (χ1) is 9.54. The molecule has 0 saturated carbocycles. The summed E-state index contributed by atoms with van der Waals surface area (Å²) in [6.07, 6.45) is 0.657. The van der Waals surface area contributed by atoms with Crippen LogP contribution in [0.25, 0.3) is 0 Å². The third kappa shape index (κ3) is 4.03. The van der Waals surface area contributed by atoms with Gasteiger partial charge in [0, 0.05) is 24.4 Å². The first-order valence-electron chi connectivity index (χ1n) is 6.26. The van der Waals surface area contributed by atoms with Crippen molar-refractivity contribution in [3.63, 3.8) is 0 Å². The number of aliphatic carboxylic acids is 1. The zero-order chi connectivity index (χ0) is 14.5. The van der Waals surface area contributed by atoms with Gasteiger partial charge in [-0.25, -0.2) is 4.68 Å². The van der Waals surface area contributed by atoms with Crippen molar-refractivity contribution in [2.75, 3.05) is 0 Å². The third-order valence-corrected chi connectivity index (χ3v) is 3.10. The molecule has 2 aromatic rings. The van der Waals surface area contributed by atoms with Gasteiger partial charge in [-0.2, -0.15) is 0 Å². The average Bonchev–Trinajstić information content (AvgIpc) is 2.75. The van der Waals surface area contributed by atoms with E-state index in [1.165, 1.54) is 0 Å². The van der Waals surface area contributed by atoms with E-state index in [4.69, 9.17) is 16.7 Å². The van der Waals surface area contributed by atoms with Gasteiger partial charge in [-0.1, -0.05) is 30.7 Å². The van der Waals surface area contributed by atoms with Crippen LogP contribution in [0.15, 0.2) is 24.3 Å². The van der Waals surface area contributed by atoms with E-state index in [-0.39, 0.29) is 12.3 Å². The molecule has 1 N–H and O–H groups in total. The lowest BCUT2D eigenvalue weighted by Gasteiger charge is -2.10. The fourth-order valence-electron chi connectivity index (χ4n) is 1.98.